The second-order valence-corrected chi connectivity index (χ2v) is 20.3. The molecule has 0 bridgehead atoms. The minimum Gasteiger partial charge on any atom is -0.462 e. The lowest BCUT2D eigenvalue weighted by Gasteiger charge is -2.51. The number of carbonyl (C=O) groups is 4. The number of benzene rings is 1. The van der Waals surface area contributed by atoms with Crippen molar-refractivity contribution in [1.29, 1.82) is 0 Å². The number of ether oxygens (including phenoxy) is 5. The zero-order valence-electron chi connectivity index (χ0n) is 35.5. The third-order valence-corrected chi connectivity index (χ3v) is 10.8. The van der Waals surface area contributed by atoms with Gasteiger partial charge in [-0.05, 0) is 101 Å². The average Bonchev–Trinajstić information content (AvgIpc) is 3.49. The third-order valence-electron chi connectivity index (χ3n) is 9.62. The lowest BCUT2D eigenvalue weighted by atomic mass is 9.89. The van der Waals surface area contributed by atoms with Gasteiger partial charge in [-0.1, -0.05) is 43.4 Å². The Morgan fingerprint density at radius 1 is 0.782 bits per heavy atom. The predicted molar refractivity (Wildman–Crippen MR) is 212 cm³/mol. The molecule has 1 aromatic carbocycles. The van der Waals surface area contributed by atoms with Crippen molar-refractivity contribution in [1.82, 2.24) is 9.88 Å². The molecule has 306 valence electrons. The summed E-state index contributed by atoms with van der Waals surface area (Å²) in [6.45, 7) is 25.0. The summed E-state index contributed by atoms with van der Waals surface area (Å²) in [5, 5.41) is 0.832. The van der Waals surface area contributed by atoms with Crippen molar-refractivity contribution in [3.63, 3.8) is 0 Å². The van der Waals surface area contributed by atoms with Crippen molar-refractivity contribution in [2.75, 3.05) is 18.6 Å². The Kier molecular flexibility index (Phi) is 13.3. The smallest absolute Gasteiger partial charge is 0.311 e. The third kappa shape index (κ3) is 10.7. The summed E-state index contributed by atoms with van der Waals surface area (Å²) in [7, 11) is 1.99. The van der Waals surface area contributed by atoms with Gasteiger partial charge < -0.3 is 28.6 Å². The van der Waals surface area contributed by atoms with Crippen LogP contribution < -0.4 is 4.90 Å². The highest BCUT2D eigenvalue weighted by Crippen LogP contribution is 2.42. The molecule has 0 unspecified atom stereocenters. The van der Waals surface area contributed by atoms with Crippen molar-refractivity contribution < 1.29 is 42.9 Å². The summed E-state index contributed by atoms with van der Waals surface area (Å²) in [6, 6.07) is 9.85. The van der Waals surface area contributed by atoms with Crippen LogP contribution in [0.25, 0.3) is 0 Å². The molecule has 6 atom stereocenters. The van der Waals surface area contributed by atoms with E-state index in [1.807, 2.05) is 37.4 Å². The van der Waals surface area contributed by atoms with Gasteiger partial charge in [0, 0.05) is 36.6 Å². The van der Waals surface area contributed by atoms with Crippen LogP contribution in [0.5, 0.6) is 0 Å². The summed E-state index contributed by atoms with van der Waals surface area (Å²) < 4.78 is 31.7. The number of fused-ring (bicyclic) bond motifs is 1. The van der Waals surface area contributed by atoms with Gasteiger partial charge in [0.1, 0.15) is 12.7 Å². The second-order valence-electron chi connectivity index (χ2n) is 19.2. The summed E-state index contributed by atoms with van der Waals surface area (Å²) >= 11 is 1.57. The number of nitrogens with zero attached hydrogens (tertiary/aromatic N) is 3. The van der Waals surface area contributed by atoms with Crippen molar-refractivity contribution in [2.45, 2.75) is 147 Å². The van der Waals surface area contributed by atoms with E-state index in [1.54, 1.807) is 94.4 Å². The van der Waals surface area contributed by atoms with Crippen LogP contribution in [0.15, 0.2) is 30.3 Å². The Morgan fingerprint density at radius 2 is 1.27 bits per heavy atom. The Labute approximate surface area is 331 Å². The number of rotatable bonds is 9. The first-order valence-electron chi connectivity index (χ1n) is 19.2. The quantitative estimate of drug-likeness (QED) is 0.184. The number of anilines is 2. The average molecular weight is 786 g/mol. The molecule has 4 rings (SSSR count). The van der Waals surface area contributed by atoms with Crippen molar-refractivity contribution in [3.8, 4) is 0 Å². The molecule has 3 heterocycles. The summed E-state index contributed by atoms with van der Waals surface area (Å²) in [5.41, 5.74) is -1.73. The molecule has 2 aromatic rings. The molecule has 0 saturated carbocycles. The van der Waals surface area contributed by atoms with Crippen LogP contribution >= 0.6 is 11.3 Å². The molecule has 55 heavy (non-hydrogen) atoms. The van der Waals surface area contributed by atoms with Crippen molar-refractivity contribution >= 4 is 46.0 Å². The topological polar surface area (TPSA) is 134 Å². The van der Waals surface area contributed by atoms with Gasteiger partial charge in [-0.25, -0.2) is 4.98 Å². The monoisotopic (exact) mass is 785 g/mol. The fourth-order valence-electron chi connectivity index (χ4n) is 6.03. The van der Waals surface area contributed by atoms with E-state index in [0.717, 1.165) is 21.4 Å². The minimum absolute atomic E-state index is 0.0805. The molecule has 0 aliphatic carbocycles. The first kappa shape index (κ1) is 44.2. The van der Waals surface area contributed by atoms with E-state index >= 15 is 0 Å². The molecule has 2 aliphatic heterocycles. The van der Waals surface area contributed by atoms with Gasteiger partial charge in [0.15, 0.2) is 29.7 Å². The number of para-hydroxylation sites is 1. The number of thiazole rings is 1. The minimum atomic E-state index is -1.32. The Hall–Kier alpha value is -3.55. The highest BCUT2D eigenvalue weighted by atomic mass is 32.1. The molecule has 2 aliphatic rings. The van der Waals surface area contributed by atoms with E-state index in [2.05, 4.69) is 23.6 Å². The van der Waals surface area contributed by atoms with Crippen molar-refractivity contribution in [3.05, 3.63) is 40.9 Å². The van der Waals surface area contributed by atoms with E-state index in [1.165, 1.54) is 0 Å². The summed E-state index contributed by atoms with van der Waals surface area (Å²) in [6.07, 6.45) is -5.40. The number of esters is 4. The van der Waals surface area contributed by atoms with Crippen molar-refractivity contribution in [2.24, 2.45) is 27.6 Å². The van der Waals surface area contributed by atoms with E-state index in [9.17, 15) is 19.2 Å². The second kappa shape index (κ2) is 16.5. The van der Waals surface area contributed by atoms with Crippen LogP contribution in [0.4, 0.5) is 10.8 Å². The highest BCUT2D eigenvalue weighted by Gasteiger charge is 2.57. The molecule has 0 N–H and O–H groups in total. The van der Waals surface area contributed by atoms with Crippen LogP contribution in [-0.2, 0) is 55.8 Å². The fraction of sp³-hybridized carbons (Fsp3) is 0.690. The van der Waals surface area contributed by atoms with Crippen LogP contribution in [0.3, 0.4) is 0 Å². The predicted octanol–water partition coefficient (Wildman–Crippen LogP) is 7.48. The van der Waals surface area contributed by atoms with Gasteiger partial charge in [0.05, 0.1) is 27.4 Å². The normalized spacial score (nSPS) is 23.8. The number of hydrogen-bond donors (Lipinski definition) is 0. The summed E-state index contributed by atoms with van der Waals surface area (Å²) in [4.78, 5) is 64.8. The molecule has 1 saturated heterocycles. The van der Waals surface area contributed by atoms with E-state index in [0.29, 0.717) is 13.0 Å². The van der Waals surface area contributed by atoms with Gasteiger partial charge in [0.2, 0.25) is 0 Å². The molecule has 0 radical (unpaired) electrons. The molecule has 13 heteroatoms. The first-order chi connectivity index (χ1) is 25.2. The molecule has 12 nitrogen and oxygen atoms in total. The summed E-state index contributed by atoms with van der Waals surface area (Å²) in [5.74, 6) is -2.14. The Balaban J connectivity index is 1.89. The van der Waals surface area contributed by atoms with Gasteiger partial charge in [-0.2, -0.15) is 0 Å². The lowest BCUT2D eigenvalue weighted by Crippen LogP contribution is -2.68. The SMILES string of the molecule is CC(C)[C@@H]1Cc2nc(N(C)c3ccccc3)sc2CN1[C@@H]1O[C@H](COC(=O)C(C)(C)C)[C@H](OC(=O)C(C)(C)C)[C@H](OC(=O)C(C)(C)C)[C@H]1OC(=O)C(C)(C)C. The van der Waals surface area contributed by atoms with Crippen LogP contribution in [-0.4, -0.2) is 84.1 Å². The molecule has 1 aromatic heterocycles. The molecule has 0 amide bonds. The van der Waals surface area contributed by atoms with E-state index in [-0.39, 0.29) is 18.6 Å². The largest absolute Gasteiger partial charge is 0.462 e. The molecule has 1 fully saturated rings. The number of aromatic nitrogens is 1. The zero-order valence-corrected chi connectivity index (χ0v) is 36.3. The maximum Gasteiger partial charge on any atom is 0.311 e. The van der Waals surface area contributed by atoms with Gasteiger partial charge in [-0.15, -0.1) is 0 Å². The van der Waals surface area contributed by atoms with Gasteiger partial charge in [0.25, 0.3) is 0 Å². The Morgan fingerprint density at radius 3 is 1.76 bits per heavy atom. The maximum absolute atomic E-state index is 13.9. The fourth-order valence-corrected chi connectivity index (χ4v) is 7.11. The lowest BCUT2D eigenvalue weighted by molar-refractivity contribution is -0.291. The van der Waals surface area contributed by atoms with E-state index in [4.69, 9.17) is 28.7 Å². The molecular weight excluding hydrogens is 723 g/mol. The number of carbonyl (C=O) groups excluding carboxylic acids is 4. The van der Waals surface area contributed by atoms with Crippen LogP contribution in [0.1, 0.15) is 108 Å². The van der Waals surface area contributed by atoms with Gasteiger partial charge in [-0.3, -0.25) is 24.1 Å². The van der Waals surface area contributed by atoms with Crippen LogP contribution in [0.2, 0.25) is 0 Å². The zero-order chi connectivity index (χ0) is 41.4. The maximum atomic E-state index is 13.9. The first-order valence-corrected chi connectivity index (χ1v) is 20.0. The van der Waals surface area contributed by atoms with Gasteiger partial charge >= 0.3 is 23.9 Å². The Bertz CT molecular complexity index is 1680. The molecular formula is C42H63N3O9S. The standard InChI is InChI=1S/C42H63N3O9S/c1-24(2)27-21-26-29(55-38(43-26)44(15)25-19-17-16-18-20-25)22-45(27)33-32(54-37(49)42(12,13)14)31(53-36(48)41(9,10)11)30(52-35(47)40(6,7)8)28(51-33)23-50-34(46)39(3,4)5/h16-20,24,27-28,30-33H,21-23H2,1-15H3/t27-,28+,30-,31-,32+,33+/m0/s1. The van der Waals surface area contributed by atoms with Crippen LogP contribution in [0, 0.1) is 27.6 Å². The molecule has 0 spiro atoms. The number of hydrogen-bond acceptors (Lipinski definition) is 13. The van der Waals surface area contributed by atoms with E-state index < -0.39 is 76.2 Å². The highest BCUT2D eigenvalue weighted by molar-refractivity contribution is 7.15.